The molecule has 0 saturated carbocycles. The minimum absolute atomic E-state index is 0.0524. The lowest BCUT2D eigenvalue weighted by molar-refractivity contribution is 0.0321. The Kier molecular flexibility index (Phi) is 6.86. The van der Waals surface area contributed by atoms with Gasteiger partial charge in [0.05, 0.1) is 26.0 Å². The Bertz CT molecular complexity index is 1140. The van der Waals surface area contributed by atoms with Crippen LogP contribution in [0.4, 0.5) is 0 Å². The molecule has 182 valence electrons. The van der Waals surface area contributed by atoms with Crippen molar-refractivity contribution in [3.8, 4) is 22.8 Å². The second kappa shape index (κ2) is 9.68. The summed E-state index contributed by atoms with van der Waals surface area (Å²) in [5, 5.41) is 2.45. The molecule has 0 N–H and O–H groups in total. The Morgan fingerprint density at radius 1 is 1.18 bits per heavy atom. The van der Waals surface area contributed by atoms with Crippen molar-refractivity contribution < 1.29 is 19.0 Å². The first kappa shape index (κ1) is 24.1. The van der Waals surface area contributed by atoms with Crippen molar-refractivity contribution in [1.82, 2.24) is 9.47 Å². The van der Waals surface area contributed by atoms with Crippen LogP contribution in [-0.2, 0) is 11.2 Å². The first-order chi connectivity index (χ1) is 16.2. The van der Waals surface area contributed by atoms with Crippen LogP contribution in [0.2, 0.25) is 0 Å². The smallest absolute Gasteiger partial charge is 0.322 e. The Hall–Kier alpha value is -3.04. The summed E-state index contributed by atoms with van der Waals surface area (Å²) in [6.07, 6.45) is 2.14. The molecular formula is C25H31N3O6. The molecule has 2 aliphatic rings. The normalized spacial score (nSPS) is 18.1. The number of rotatable bonds is 6. The van der Waals surface area contributed by atoms with E-state index in [0.717, 1.165) is 44.0 Å². The molecule has 2 aromatic rings. The lowest BCUT2D eigenvalue weighted by Crippen LogP contribution is -2.38. The first-order valence-electron chi connectivity index (χ1n) is 11.5. The van der Waals surface area contributed by atoms with Gasteiger partial charge in [0.2, 0.25) is 0 Å². The van der Waals surface area contributed by atoms with Gasteiger partial charge >= 0.3 is 5.91 Å². The van der Waals surface area contributed by atoms with E-state index in [1.807, 2.05) is 16.7 Å². The van der Waals surface area contributed by atoms with E-state index in [-0.39, 0.29) is 17.0 Å². The number of morpholine rings is 1. The van der Waals surface area contributed by atoms with E-state index in [9.17, 15) is 14.5 Å². The van der Waals surface area contributed by atoms with Crippen LogP contribution < -0.4 is 14.9 Å². The highest BCUT2D eigenvalue weighted by Crippen LogP contribution is 2.45. The Morgan fingerprint density at radius 2 is 1.91 bits per heavy atom. The van der Waals surface area contributed by atoms with Crippen LogP contribution in [0, 0.1) is 10.3 Å². The molecule has 1 aromatic heterocycles. The first-order valence-corrected chi connectivity index (χ1v) is 11.5. The molecule has 34 heavy (non-hydrogen) atoms. The van der Waals surface area contributed by atoms with Crippen LogP contribution in [0.5, 0.6) is 11.5 Å². The van der Waals surface area contributed by atoms with Crippen molar-refractivity contribution >= 4 is 5.91 Å². The van der Waals surface area contributed by atoms with Crippen molar-refractivity contribution in [2.75, 3.05) is 46.6 Å². The minimum Gasteiger partial charge on any atom is -0.493 e. The number of pyridine rings is 1. The number of benzene rings is 1. The average Bonchev–Trinajstić information content (AvgIpc) is 2.82. The van der Waals surface area contributed by atoms with Crippen LogP contribution in [0.3, 0.4) is 0 Å². The van der Waals surface area contributed by atoms with Crippen molar-refractivity contribution in [1.29, 1.82) is 0 Å². The number of carbonyl (C=O) groups is 1. The van der Waals surface area contributed by atoms with Gasteiger partial charge in [0, 0.05) is 48.7 Å². The molecule has 1 fully saturated rings. The highest BCUT2D eigenvalue weighted by atomic mass is 16.5. The standard InChI is InChI=1S/C25H31N3O6/c1-25(2,3)23-12-16-11-22(34-10-7-27-5-8-33-9-6-27)21(32-4)13-17(16)19-14-20(29)18(15-28(19)23)24(30)26-31/h11,13-15,23H,5-10,12H2,1-4H3/t23-/m1/s1. The number of nitroso groups, excluding NO2 is 1. The molecular weight excluding hydrogens is 438 g/mol. The number of methoxy groups -OCH3 is 1. The monoisotopic (exact) mass is 469 g/mol. The fourth-order valence-electron chi connectivity index (χ4n) is 4.65. The van der Waals surface area contributed by atoms with Crippen LogP contribution >= 0.6 is 0 Å². The Labute approximate surface area is 198 Å². The van der Waals surface area contributed by atoms with E-state index in [2.05, 4.69) is 30.8 Å². The van der Waals surface area contributed by atoms with Gasteiger partial charge in [0.15, 0.2) is 16.9 Å². The van der Waals surface area contributed by atoms with Crippen LogP contribution in [-0.4, -0.2) is 61.9 Å². The van der Waals surface area contributed by atoms with Crippen molar-refractivity contribution in [3.05, 3.63) is 50.7 Å². The molecule has 0 bridgehead atoms. The third-order valence-corrected chi connectivity index (χ3v) is 6.58. The molecule has 1 atom stereocenters. The maximum Gasteiger partial charge on any atom is 0.322 e. The molecule has 0 unspecified atom stereocenters. The summed E-state index contributed by atoms with van der Waals surface area (Å²) in [6, 6.07) is 5.23. The molecule has 4 rings (SSSR count). The maximum absolute atomic E-state index is 12.7. The van der Waals surface area contributed by atoms with E-state index in [0.29, 0.717) is 30.2 Å². The van der Waals surface area contributed by atoms with Gasteiger partial charge in [-0.25, -0.2) is 0 Å². The number of ether oxygens (including phenoxy) is 3. The van der Waals surface area contributed by atoms with E-state index in [1.165, 1.54) is 12.3 Å². The second-order valence-corrected chi connectivity index (χ2v) is 9.79. The van der Waals surface area contributed by atoms with Gasteiger partial charge in [-0.2, -0.15) is 0 Å². The highest BCUT2D eigenvalue weighted by molar-refractivity contribution is 5.94. The molecule has 3 heterocycles. The quantitative estimate of drug-likeness (QED) is 0.599. The topological polar surface area (TPSA) is 99.4 Å². The zero-order valence-corrected chi connectivity index (χ0v) is 20.1. The van der Waals surface area contributed by atoms with Gasteiger partial charge in [0.25, 0.3) is 0 Å². The summed E-state index contributed by atoms with van der Waals surface area (Å²) in [6.45, 7) is 10.9. The maximum atomic E-state index is 12.7. The molecule has 9 nitrogen and oxygen atoms in total. The Morgan fingerprint density at radius 3 is 2.56 bits per heavy atom. The second-order valence-electron chi connectivity index (χ2n) is 9.79. The zero-order chi connectivity index (χ0) is 24.5. The predicted molar refractivity (Wildman–Crippen MR) is 128 cm³/mol. The van der Waals surface area contributed by atoms with E-state index in [4.69, 9.17) is 14.2 Å². The number of aromatic nitrogens is 1. The third-order valence-electron chi connectivity index (χ3n) is 6.58. The molecule has 1 amide bonds. The summed E-state index contributed by atoms with van der Waals surface area (Å²) in [4.78, 5) is 37.7. The highest BCUT2D eigenvalue weighted by Gasteiger charge is 2.34. The molecule has 0 spiro atoms. The largest absolute Gasteiger partial charge is 0.493 e. The average molecular weight is 470 g/mol. The van der Waals surface area contributed by atoms with Gasteiger partial charge in [-0.05, 0) is 29.5 Å². The number of fused-ring (bicyclic) bond motifs is 3. The SMILES string of the molecule is COc1cc2c(cc1OCCN1CCOCC1)C[C@H](C(C)(C)C)n1cc(C(=O)N=O)c(=O)cc1-2. The van der Waals surface area contributed by atoms with E-state index < -0.39 is 11.3 Å². The summed E-state index contributed by atoms with van der Waals surface area (Å²) >= 11 is 0. The van der Waals surface area contributed by atoms with Gasteiger partial charge in [0.1, 0.15) is 12.2 Å². The number of hydrogen-bond donors (Lipinski definition) is 0. The number of carbonyl (C=O) groups excluding carboxylic acids is 1. The fraction of sp³-hybridized carbons (Fsp3) is 0.520. The molecule has 1 saturated heterocycles. The Balaban J connectivity index is 1.72. The van der Waals surface area contributed by atoms with Crippen molar-refractivity contribution in [2.24, 2.45) is 10.6 Å². The molecule has 2 aliphatic heterocycles. The summed E-state index contributed by atoms with van der Waals surface area (Å²) in [7, 11) is 1.59. The third kappa shape index (κ3) is 4.76. The lowest BCUT2D eigenvalue weighted by Gasteiger charge is -2.39. The number of nitrogens with zero attached hydrogens (tertiary/aromatic N) is 3. The van der Waals surface area contributed by atoms with Crippen molar-refractivity contribution in [3.63, 3.8) is 0 Å². The number of hydrogen-bond acceptors (Lipinski definition) is 7. The lowest BCUT2D eigenvalue weighted by atomic mass is 9.78. The fourth-order valence-corrected chi connectivity index (χ4v) is 4.65. The van der Waals surface area contributed by atoms with E-state index in [1.54, 1.807) is 7.11 Å². The summed E-state index contributed by atoms with van der Waals surface area (Å²) < 4.78 is 19.1. The van der Waals surface area contributed by atoms with Crippen LogP contribution in [0.1, 0.15) is 42.7 Å². The van der Waals surface area contributed by atoms with Crippen LogP contribution in [0.15, 0.2) is 34.4 Å². The van der Waals surface area contributed by atoms with Crippen LogP contribution in [0.25, 0.3) is 11.3 Å². The molecule has 1 aromatic carbocycles. The van der Waals surface area contributed by atoms with Gasteiger partial charge in [-0.15, -0.1) is 4.91 Å². The number of amides is 1. The van der Waals surface area contributed by atoms with Gasteiger partial charge < -0.3 is 18.8 Å². The zero-order valence-electron chi connectivity index (χ0n) is 20.1. The minimum atomic E-state index is -1.06. The molecule has 9 heteroatoms. The predicted octanol–water partition coefficient (Wildman–Crippen LogP) is 3.28. The van der Waals surface area contributed by atoms with Crippen molar-refractivity contribution in [2.45, 2.75) is 33.2 Å². The summed E-state index contributed by atoms with van der Waals surface area (Å²) in [5.41, 5.74) is 1.62. The summed E-state index contributed by atoms with van der Waals surface area (Å²) in [5.74, 6) is 0.180. The molecule has 0 aliphatic carbocycles. The molecule has 0 radical (unpaired) electrons. The van der Waals surface area contributed by atoms with Gasteiger partial charge in [-0.1, -0.05) is 20.8 Å². The van der Waals surface area contributed by atoms with Gasteiger partial charge in [-0.3, -0.25) is 14.5 Å². The van der Waals surface area contributed by atoms with E-state index >= 15 is 0 Å².